The van der Waals surface area contributed by atoms with Gasteiger partial charge >= 0.3 is 0 Å². The predicted octanol–water partition coefficient (Wildman–Crippen LogP) is 1.84. The van der Waals surface area contributed by atoms with E-state index in [4.69, 9.17) is 0 Å². The van der Waals surface area contributed by atoms with Gasteiger partial charge in [-0.3, -0.25) is 4.79 Å². The van der Waals surface area contributed by atoms with Gasteiger partial charge in [0.05, 0.1) is 0 Å². The van der Waals surface area contributed by atoms with Crippen LogP contribution in [0.2, 0.25) is 0 Å². The van der Waals surface area contributed by atoms with Crippen LogP contribution in [0.4, 0.5) is 0 Å². The molecule has 0 amide bonds. The highest BCUT2D eigenvalue weighted by atomic mass is 16.3. The van der Waals surface area contributed by atoms with Crippen LogP contribution in [0.1, 0.15) is 33.1 Å². The van der Waals surface area contributed by atoms with E-state index in [0.717, 1.165) is 12.8 Å². The molecule has 0 rings (SSSR count). The Balaban J connectivity index is 4.15. The third-order valence-corrected chi connectivity index (χ3v) is 1.71. The summed E-state index contributed by atoms with van der Waals surface area (Å²) in [4.78, 5) is 11.3. The quantitative estimate of drug-likeness (QED) is 0.636. The summed E-state index contributed by atoms with van der Waals surface area (Å²) in [5.74, 6) is -0.166. The highest BCUT2D eigenvalue weighted by Gasteiger charge is 2.25. The van der Waals surface area contributed by atoms with Crippen molar-refractivity contribution in [2.75, 3.05) is 0 Å². The Hall–Kier alpha value is -0.850. The molecule has 12 heavy (non-hydrogen) atoms. The number of hydrogen-bond acceptors (Lipinski definition) is 2. The zero-order valence-corrected chi connectivity index (χ0v) is 7.76. The summed E-state index contributed by atoms with van der Waals surface area (Å²) in [6.07, 6.45) is 3.49. The van der Waals surface area contributed by atoms with E-state index >= 15 is 0 Å². The molecular weight excluding hydrogens is 152 g/mol. The van der Waals surface area contributed by atoms with Crippen LogP contribution in [0.25, 0.3) is 0 Å². The van der Waals surface area contributed by atoms with Gasteiger partial charge < -0.3 is 5.11 Å². The zero-order chi connectivity index (χ0) is 9.61. The lowest BCUT2D eigenvalue weighted by Crippen LogP contribution is -2.32. The zero-order valence-electron chi connectivity index (χ0n) is 7.76. The highest BCUT2D eigenvalue weighted by molar-refractivity contribution is 5.88. The van der Waals surface area contributed by atoms with Crippen LogP contribution >= 0.6 is 0 Å². The van der Waals surface area contributed by atoms with Crippen molar-refractivity contribution in [2.45, 2.75) is 38.7 Å². The van der Waals surface area contributed by atoms with Gasteiger partial charge in [0, 0.05) is 6.42 Å². The monoisotopic (exact) mass is 168 g/mol. The largest absolute Gasteiger partial charge is 0.378 e. The summed E-state index contributed by atoms with van der Waals surface area (Å²) in [7, 11) is 0. The van der Waals surface area contributed by atoms with Crippen molar-refractivity contribution in [3.63, 3.8) is 0 Å². The van der Waals surface area contributed by atoms with Gasteiger partial charge in [-0.2, -0.15) is 0 Å². The number of carbonyl (C=O) groups excluding carboxylic acids is 1. The van der Waals surface area contributed by atoms with E-state index in [2.05, 4.69) is 12.3 Å². The molecule has 0 aliphatic carbocycles. The molecule has 0 aliphatic heterocycles. The Kier molecular flexibility index (Phi) is 4.57. The first-order chi connectivity index (χ1) is 5.54. The summed E-state index contributed by atoms with van der Waals surface area (Å²) < 4.78 is 0. The SMILES string of the molecule is C=C=CC(C)(O)C(=O)CCCC. The summed E-state index contributed by atoms with van der Waals surface area (Å²) in [6.45, 7) is 6.78. The maximum absolute atomic E-state index is 11.3. The molecule has 2 heteroatoms. The molecule has 2 nitrogen and oxygen atoms in total. The lowest BCUT2D eigenvalue weighted by Gasteiger charge is -2.15. The Labute approximate surface area is 73.6 Å². The van der Waals surface area contributed by atoms with Crippen molar-refractivity contribution in [1.82, 2.24) is 0 Å². The molecule has 0 radical (unpaired) electrons. The Morgan fingerprint density at radius 3 is 2.75 bits per heavy atom. The Morgan fingerprint density at radius 1 is 1.75 bits per heavy atom. The van der Waals surface area contributed by atoms with Gasteiger partial charge in [0.2, 0.25) is 0 Å². The predicted molar refractivity (Wildman–Crippen MR) is 48.9 cm³/mol. The molecule has 0 fully saturated rings. The van der Waals surface area contributed by atoms with Crippen molar-refractivity contribution in [3.05, 3.63) is 18.4 Å². The van der Waals surface area contributed by atoms with Gasteiger partial charge in [-0.1, -0.05) is 19.9 Å². The summed E-state index contributed by atoms with van der Waals surface area (Å²) in [6, 6.07) is 0. The third-order valence-electron chi connectivity index (χ3n) is 1.71. The lowest BCUT2D eigenvalue weighted by atomic mass is 9.97. The van der Waals surface area contributed by atoms with Crippen molar-refractivity contribution >= 4 is 5.78 Å². The van der Waals surface area contributed by atoms with Crippen molar-refractivity contribution in [2.24, 2.45) is 0 Å². The van der Waals surface area contributed by atoms with Gasteiger partial charge in [0.15, 0.2) is 5.78 Å². The fraction of sp³-hybridized carbons (Fsp3) is 0.600. The molecular formula is C10H16O2. The molecule has 1 atom stereocenters. The maximum Gasteiger partial charge on any atom is 0.168 e. The topological polar surface area (TPSA) is 37.3 Å². The molecule has 0 bridgehead atoms. The molecule has 0 saturated heterocycles. The third kappa shape index (κ3) is 3.51. The number of aliphatic hydroxyl groups is 1. The minimum atomic E-state index is -1.38. The van der Waals surface area contributed by atoms with Gasteiger partial charge in [-0.15, -0.1) is 5.73 Å². The molecule has 0 aliphatic rings. The molecule has 0 aromatic heterocycles. The first-order valence-electron chi connectivity index (χ1n) is 4.17. The van der Waals surface area contributed by atoms with Gasteiger partial charge in [-0.05, 0) is 19.4 Å². The van der Waals surface area contributed by atoms with Crippen molar-refractivity contribution in [1.29, 1.82) is 0 Å². The molecule has 68 valence electrons. The van der Waals surface area contributed by atoms with Gasteiger partial charge in [0.25, 0.3) is 0 Å². The first-order valence-corrected chi connectivity index (χ1v) is 4.17. The Bertz CT molecular complexity index is 198. The summed E-state index contributed by atoms with van der Waals surface area (Å²) >= 11 is 0. The fourth-order valence-electron chi connectivity index (χ4n) is 0.870. The number of rotatable bonds is 5. The van der Waals surface area contributed by atoms with E-state index < -0.39 is 5.60 Å². The van der Waals surface area contributed by atoms with E-state index in [9.17, 15) is 9.90 Å². The highest BCUT2D eigenvalue weighted by Crippen LogP contribution is 2.11. The van der Waals surface area contributed by atoms with E-state index in [1.165, 1.54) is 13.0 Å². The number of hydrogen-bond donors (Lipinski definition) is 1. The standard InChI is InChI=1S/C10H16O2/c1-4-6-7-9(11)10(3,12)8-5-2/h8,12H,2,4,6-7H2,1,3H3. The van der Waals surface area contributed by atoms with Crippen LogP contribution in [-0.2, 0) is 4.79 Å². The van der Waals surface area contributed by atoms with E-state index in [1.54, 1.807) is 0 Å². The van der Waals surface area contributed by atoms with E-state index in [0.29, 0.717) is 6.42 Å². The molecule has 1 N–H and O–H groups in total. The second-order valence-electron chi connectivity index (χ2n) is 3.02. The smallest absolute Gasteiger partial charge is 0.168 e. The second kappa shape index (κ2) is 4.91. The van der Waals surface area contributed by atoms with Gasteiger partial charge in [-0.25, -0.2) is 0 Å². The number of ketones is 1. The van der Waals surface area contributed by atoms with Crippen LogP contribution in [0.3, 0.4) is 0 Å². The lowest BCUT2D eigenvalue weighted by molar-refractivity contribution is -0.131. The average molecular weight is 168 g/mol. The minimum Gasteiger partial charge on any atom is -0.378 e. The number of carbonyl (C=O) groups is 1. The summed E-state index contributed by atoms with van der Waals surface area (Å²) in [5.41, 5.74) is 1.04. The van der Waals surface area contributed by atoms with E-state index in [-0.39, 0.29) is 5.78 Å². The molecule has 0 aromatic rings. The van der Waals surface area contributed by atoms with Crippen molar-refractivity contribution in [3.8, 4) is 0 Å². The Morgan fingerprint density at radius 2 is 2.33 bits per heavy atom. The van der Waals surface area contributed by atoms with E-state index in [1.807, 2.05) is 6.92 Å². The molecule has 0 aromatic carbocycles. The normalized spacial score (nSPS) is 14.6. The second-order valence-corrected chi connectivity index (χ2v) is 3.02. The molecule has 0 spiro atoms. The number of Topliss-reactive ketones (excluding diaryl/α,β-unsaturated/α-hetero) is 1. The van der Waals surface area contributed by atoms with Crippen LogP contribution in [0, 0.1) is 0 Å². The van der Waals surface area contributed by atoms with Crippen molar-refractivity contribution < 1.29 is 9.90 Å². The van der Waals surface area contributed by atoms with Crippen LogP contribution in [-0.4, -0.2) is 16.5 Å². The fourth-order valence-corrected chi connectivity index (χ4v) is 0.870. The average Bonchev–Trinajstić information content (AvgIpc) is 2.00. The molecule has 0 saturated carbocycles. The number of unbranched alkanes of at least 4 members (excludes halogenated alkanes) is 1. The maximum atomic E-state index is 11.3. The van der Waals surface area contributed by atoms with Crippen LogP contribution in [0.15, 0.2) is 18.4 Å². The van der Waals surface area contributed by atoms with Crippen LogP contribution in [0.5, 0.6) is 0 Å². The minimum absolute atomic E-state index is 0.166. The first kappa shape index (κ1) is 11.2. The summed E-state index contributed by atoms with van der Waals surface area (Å²) in [5, 5.41) is 9.50. The molecule has 0 heterocycles. The van der Waals surface area contributed by atoms with Crippen LogP contribution < -0.4 is 0 Å². The van der Waals surface area contributed by atoms with Gasteiger partial charge in [0.1, 0.15) is 5.60 Å². The molecule has 1 unspecified atom stereocenters.